The third-order valence-electron chi connectivity index (χ3n) is 3.15. The predicted molar refractivity (Wildman–Crippen MR) is 98.6 cm³/mol. The lowest BCUT2D eigenvalue weighted by Gasteiger charge is -2.13. The Balaban J connectivity index is 2.37. The Morgan fingerprint density at radius 3 is 2.70 bits per heavy atom. The van der Waals surface area contributed by atoms with Crippen LogP contribution in [0.4, 0.5) is 0 Å². The lowest BCUT2D eigenvalue weighted by Crippen LogP contribution is -2.42. The molecule has 1 aromatic heterocycles. The molecule has 0 aliphatic rings. The Morgan fingerprint density at radius 1 is 1.30 bits per heavy atom. The molecule has 23 heavy (non-hydrogen) atoms. The Kier molecular flexibility index (Phi) is 9.20. The first-order valence-electron chi connectivity index (χ1n) is 7.98. The Labute approximate surface area is 143 Å². The van der Waals surface area contributed by atoms with Gasteiger partial charge in [0.15, 0.2) is 5.96 Å². The van der Waals surface area contributed by atoms with Gasteiger partial charge < -0.3 is 10.6 Å². The second-order valence-corrected chi connectivity index (χ2v) is 8.46. The molecular weight excluding hydrogens is 332 g/mol. The molecule has 0 aliphatic heterocycles. The molecule has 8 heteroatoms. The summed E-state index contributed by atoms with van der Waals surface area (Å²) in [6.45, 7) is 8.17. The molecule has 1 unspecified atom stereocenters. The van der Waals surface area contributed by atoms with Crippen LogP contribution in [0.15, 0.2) is 22.5 Å². The van der Waals surface area contributed by atoms with E-state index < -0.39 is 10.0 Å². The van der Waals surface area contributed by atoms with Crippen LogP contribution >= 0.6 is 11.3 Å². The first-order valence-corrected chi connectivity index (χ1v) is 10.5. The maximum atomic E-state index is 11.4. The van der Waals surface area contributed by atoms with Crippen LogP contribution in [-0.4, -0.2) is 46.3 Å². The van der Waals surface area contributed by atoms with E-state index in [1.807, 2.05) is 6.92 Å². The number of rotatable bonds is 10. The van der Waals surface area contributed by atoms with Gasteiger partial charge in [-0.25, -0.2) is 13.1 Å². The van der Waals surface area contributed by atoms with Gasteiger partial charge in [0.05, 0.1) is 5.75 Å². The lowest BCUT2D eigenvalue weighted by molar-refractivity contribution is 0.581. The van der Waals surface area contributed by atoms with Crippen LogP contribution in [0.1, 0.15) is 25.6 Å². The van der Waals surface area contributed by atoms with Gasteiger partial charge in [0.25, 0.3) is 0 Å². The quantitative estimate of drug-likeness (QED) is 0.335. The molecule has 1 aromatic rings. The summed E-state index contributed by atoms with van der Waals surface area (Å²) in [5, 5.41) is 8.41. The molecule has 0 saturated heterocycles. The van der Waals surface area contributed by atoms with Gasteiger partial charge in [0, 0.05) is 31.1 Å². The van der Waals surface area contributed by atoms with E-state index in [0.717, 1.165) is 25.5 Å². The Bertz CT molecular complexity index is 556. The van der Waals surface area contributed by atoms with Crippen molar-refractivity contribution in [1.29, 1.82) is 0 Å². The van der Waals surface area contributed by atoms with E-state index in [0.29, 0.717) is 19.0 Å². The molecular formula is C15H28N4O2S2. The first-order chi connectivity index (χ1) is 11.0. The number of nitrogens with one attached hydrogen (secondary N) is 3. The summed E-state index contributed by atoms with van der Waals surface area (Å²) in [5.41, 5.74) is 0. The number of guanidine groups is 1. The minimum absolute atomic E-state index is 0.0986. The zero-order chi connectivity index (χ0) is 17.1. The van der Waals surface area contributed by atoms with E-state index in [4.69, 9.17) is 0 Å². The van der Waals surface area contributed by atoms with E-state index in [-0.39, 0.29) is 5.75 Å². The fourth-order valence-electron chi connectivity index (χ4n) is 1.92. The smallest absolute Gasteiger partial charge is 0.211 e. The van der Waals surface area contributed by atoms with Crippen molar-refractivity contribution in [2.45, 2.75) is 27.2 Å². The van der Waals surface area contributed by atoms with Gasteiger partial charge in [-0.2, -0.15) is 0 Å². The maximum Gasteiger partial charge on any atom is 0.211 e. The summed E-state index contributed by atoms with van der Waals surface area (Å²) in [7, 11) is -3.13. The number of thiophene rings is 1. The van der Waals surface area contributed by atoms with Crippen molar-refractivity contribution in [3.8, 4) is 0 Å². The summed E-state index contributed by atoms with van der Waals surface area (Å²) < 4.78 is 25.2. The second-order valence-electron chi connectivity index (χ2n) is 5.33. The summed E-state index contributed by atoms with van der Waals surface area (Å²) in [6, 6.07) is 4.22. The van der Waals surface area contributed by atoms with Crippen molar-refractivity contribution in [3.05, 3.63) is 22.4 Å². The van der Waals surface area contributed by atoms with Crippen molar-refractivity contribution in [3.63, 3.8) is 0 Å². The first kappa shape index (κ1) is 19.9. The standard InChI is InChI=1S/C15H28N4O2S2/c1-4-16-15(17-8-9-19-23(20,21)5-2)18-12-13(3)11-14-7-6-10-22-14/h6-7,10,13,19H,4-5,8-9,11-12H2,1-3H3,(H2,16,17,18). The molecule has 0 spiro atoms. The van der Waals surface area contributed by atoms with Gasteiger partial charge in [0.1, 0.15) is 0 Å². The number of hydrogen-bond acceptors (Lipinski definition) is 4. The van der Waals surface area contributed by atoms with Crippen LogP contribution in [0, 0.1) is 5.92 Å². The number of aliphatic imine (C=N–C) groups is 1. The summed E-state index contributed by atoms with van der Waals surface area (Å²) in [5.74, 6) is 1.28. The fourth-order valence-corrected chi connectivity index (χ4v) is 3.40. The number of sulfonamides is 1. The molecule has 6 nitrogen and oxygen atoms in total. The SMILES string of the molecule is CCNC(=NCC(C)Cc1cccs1)NCCNS(=O)(=O)CC. The van der Waals surface area contributed by atoms with E-state index in [1.165, 1.54) is 4.88 Å². The normalized spacial score (nSPS) is 13.8. The summed E-state index contributed by atoms with van der Waals surface area (Å²) in [6.07, 6.45) is 1.02. The van der Waals surface area contributed by atoms with E-state index in [9.17, 15) is 8.42 Å². The van der Waals surface area contributed by atoms with Crippen LogP contribution in [-0.2, 0) is 16.4 Å². The molecule has 0 saturated carbocycles. The van der Waals surface area contributed by atoms with Gasteiger partial charge in [-0.05, 0) is 37.6 Å². The van der Waals surface area contributed by atoms with E-state index in [1.54, 1.807) is 18.3 Å². The van der Waals surface area contributed by atoms with Crippen LogP contribution in [0.25, 0.3) is 0 Å². The number of nitrogens with zero attached hydrogens (tertiary/aromatic N) is 1. The molecule has 3 N–H and O–H groups in total. The van der Waals surface area contributed by atoms with E-state index in [2.05, 4.69) is 44.8 Å². The zero-order valence-corrected chi connectivity index (χ0v) is 15.8. The van der Waals surface area contributed by atoms with Gasteiger partial charge in [0.2, 0.25) is 10.0 Å². The van der Waals surface area contributed by atoms with Crippen molar-refractivity contribution in [2.75, 3.05) is 31.9 Å². The fraction of sp³-hybridized carbons (Fsp3) is 0.667. The van der Waals surface area contributed by atoms with Gasteiger partial charge >= 0.3 is 0 Å². The highest BCUT2D eigenvalue weighted by atomic mass is 32.2. The van der Waals surface area contributed by atoms with Crippen LogP contribution in [0.5, 0.6) is 0 Å². The maximum absolute atomic E-state index is 11.4. The van der Waals surface area contributed by atoms with Crippen molar-refractivity contribution < 1.29 is 8.42 Å². The van der Waals surface area contributed by atoms with E-state index >= 15 is 0 Å². The third kappa shape index (κ3) is 8.92. The Hall–Kier alpha value is -1.12. The van der Waals surface area contributed by atoms with Crippen LogP contribution in [0.3, 0.4) is 0 Å². The predicted octanol–water partition coefficient (Wildman–Crippen LogP) is 1.42. The molecule has 1 atom stereocenters. The molecule has 1 heterocycles. The highest BCUT2D eigenvalue weighted by molar-refractivity contribution is 7.89. The Morgan fingerprint density at radius 2 is 2.09 bits per heavy atom. The topological polar surface area (TPSA) is 82.6 Å². The highest BCUT2D eigenvalue weighted by Gasteiger charge is 2.06. The third-order valence-corrected chi connectivity index (χ3v) is 5.46. The largest absolute Gasteiger partial charge is 0.357 e. The lowest BCUT2D eigenvalue weighted by atomic mass is 10.1. The van der Waals surface area contributed by atoms with Gasteiger partial charge in [-0.15, -0.1) is 11.3 Å². The molecule has 0 fully saturated rings. The zero-order valence-electron chi connectivity index (χ0n) is 14.1. The highest BCUT2D eigenvalue weighted by Crippen LogP contribution is 2.14. The van der Waals surface area contributed by atoms with Crippen molar-refractivity contribution in [2.24, 2.45) is 10.9 Å². The monoisotopic (exact) mass is 360 g/mol. The van der Waals surface area contributed by atoms with Crippen molar-refractivity contribution in [1.82, 2.24) is 15.4 Å². The molecule has 0 bridgehead atoms. The molecule has 132 valence electrons. The number of hydrogen-bond donors (Lipinski definition) is 3. The minimum Gasteiger partial charge on any atom is -0.357 e. The second kappa shape index (κ2) is 10.6. The van der Waals surface area contributed by atoms with Crippen LogP contribution < -0.4 is 15.4 Å². The molecule has 0 amide bonds. The summed E-state index contributed by atoms with van der Waals surface area (Å²) >= 11 is 1.77. The van der Waals surface area contributed by atoms with Crippen LogP contribution in [0.2, 0.25) is 0 Å². The van der Waals surface area contributed by atoms with Gasteiger partial charge in [-0.3, -0.25) is 4.99 Å². The minimum atomic E-state index is -3.13. The molecule has 1 rings (SSSR count). The summed E-state index contributed by atoms with van der Waals surface area (Å²) in [4.78, 5) is 5.94. The molecule has 0 aromatic carbocycles. The van der Waals surface area contributed by atoms with Gasteiger partial charge in [-0.1, -0.05) is 13.0 Å². The average molecular weight is 361 g/mol. The van der Waals surface area contributed by atoms with Crippen molar-refractivity contribution >= 4 is 27.3 Å². The molecule has 0 radical (unpaired) electrons. The molecule has 0 aliphatic carbocycles. The average Bonchev–Trinajstić information content (AvgIpc) is 3.02.